The van der Waals surface area contributed by atoms with Crippen LogP contribution in [0, 0.1) is 5.82 Å². The van der Waals surface area contributed by atoms with Gasteiger partial charge in [-0.15, -0.1) is 12.4 Å². The molecule has 1 atom stereocenters. The van der Waals surface area contributed by atoms with Gasteiger partial charge in [-0.2, -0.15) is 13.2 Å². The molecule has 0 aliphatic heterocycles. The number of aliphatic hydroxyl groups excluding tert-OH is 1. The number of halogens is 5. The average molecular weight is 274 g/mol. The molecule has 0 bridgehead atoms. The lowest BCUT2D eigenvalue weighted by Gasteiger charge is -2.15. The predicted molar refractivity (Wildman–Crippen MR) is 57.3 cm³/mol. The molecule has 1 aromatic rings. The van der Waals surface area contributed by atoms with E-state index in [2.05, 4.69) is 0 Å². The first-order chi connectivity index (χ1) is 7.38. The second-order valence-corrected chi connectivity index (χ2v) is 3.33. The quantitative estimate of drug-likeness (QED) is 0.832. The molecule has 0 spiro atoms. The third kappa shape index (κ3) is 3.83. The molecule has 0 saturated carbocycles. The van der Waals surface area contributed by atoms with E-state index in [1.165, 1.54) is 6.07 Å². The van der Waals surface area contributed by atoms with Crippen molar-refractivity contribution in [3.63, 3.8) is 0 Å². The van der Waals surface area contributed by atoms with E-state index in [0.29, 0.717) is 6.07 Å². The molecule has 0 aliphatic carbocycles. The van der Waals surface area contributed by atoms with Crippen molar-refractivity contribution >= 4 is 12.4 Å². The summed E-state index contributed by atoms with van der Waals surface area (Å²) < 4.78 is 50.5. The van der Waals surface area contributed by atoms with Crippen LogP contribution >= 0.6 is 12.4 Å². The van der Waals surface area contributed by atoms with Crippen molar-refractivity contribution in [2.24, 2.45) is 5.73 Å². The van der Waals surface area contributed by atoms with Crippen molar-refractivity contribution in [1.29, 1.82) is 0 Å². The van der Waals surface area contributed by atoms with Crippen molar-refractivity contribution < 1.29 is 22.7 Å². The lowest BCUT2D eigenvalue weighted by Crippen LogP contribution is -2.17. The lowest BCUT2D eigenvalue weighted by atomic mass is 10.0. The molecular formula is C10H12ClF4NO. The van der Waals surface area contributed by atoms with Crippen LogP contribution in [0.5, 0.6) is 0 Å². The molecule has 0 saturated heterocycles. The van der Waals surface area contributed by atoms with Crippen LogP contribution < -0.4 is 5.73 Å². The highest BCUT2D eigenvalue weighted by Crippen LogP contribution is 2.33. The number of aliphatic hydroxyl groups is 1. The summed E-state index contributed by atoms with van der Waals surface area (Å²) in [4.78, 5) is 0. The Morgan fingerprint density at radius 1 is 1.29 bits per heavy atom. The molecule has 7 heteroatoms. The van der Waals surface area contributed by atoms with Gasteiger partial charge in [-0.05, 0) is 12.5 Å². The van der Waals surface area contributed by atoms with Gasteiger partial charge in [0.15, 0.2) is 0 Å². The molecular weight excluding hydrogens is 262 g/mol. The highest BCUT2D eigenvalue weighted by atomic mass is 35.5. The molecule has 0 unspecified atom stereocenters. The Hall–Kier alpha value is -0.850. The van der Waals surface area contributed by atoms with E-state index in [9.17, 15) is 17.6 Å². The van der Waals surface area contributed by atoms with Crippen LogP contribution in [0.4, 0.5) is 17.6 Å². The first-order valence-electron chi connectivity index (χ1n) is 4.60. The van der Waals surface area contributed by atoms with E-state index < -0.39 is 23.6 Å². The van der Waals surface area contributed by atoms with Gasteiger partial charge in [-0.3, -0.25) is 0 Å². The second kappa shape index (κ2) is 6.18. The maximum Gasteiger partial charge on any atom is 0.419 e. The fourth-order valence-corrected chi connectivity index (χ4v) is 1.35. The number of hydrogen-bond acceptors (Lipinski definition) is 2. The minimum atomic E-state index is -4.74. The minimum Gasteiger partial charge on any atom is -0.396 e. The monoisotopic (exact) mass is 273 g/mol. The van der Waals surface area contributed by atoms with E-state index in [4.69, 9.17) is 10.8 Å². The molecule has 1 aromatic carbocycles. The minimum absolute atomic E-state index is 0. The van der Waals surface area contributed by atoms with Crippen molar-refractivity contribution in [3.8, 4) is 0 Å². The third-order valence-electron chi connectivity index (χ3n) is 2.17. The largest absolute Gasteiger partial charge is 0.419 e. The molecule has 0 fully saturated rings. The maximum absolute atomic E-state index is 13.5. The fourth-order valence-electron chi connectivity index (χ4n) is 1.35. The fraction of sp³-hybridized carbons (Fsp3) is 0.400. The summed E-state index contributed by atoms with van der Waals surface area (Å²) in [5, 5.41) is 8.59. The maximum atomic E-state index is 13.5. The van der Waals surface area contributed by atoms with Gasteiger partial charge < -0.3 is 10.8 Å². The third-order valence-corrected chi connectivity index (χ3v) is 2.17. The summed E-state index contributed by atoms with van der Waals surface area (Å²) in [5.74, 6) is -1.36. The summed E-state index contributed by atoms with van der Waals surface area (Å²) in [6, 6.07) is 2.00. The first kappa shape index (κ1) is 16.1. The molecule has 2 nitrogen and oxygen atoms in total. The zero-order chi connectivity index (χ0) is 12.3. The van der Waals surface area contributed by atoms with Crippen molar-refractivity contribution in [3.05, 3.63) is 35.1 Å². The van der Waals surface area contributed by atoms with Crippen LogP contribution in [0.1, 0.15) is 23.6 Å². The Morgan fingerprint density at radius 2 is 1.88 bits per heavy atom. The smallest absolute Gasteiger partial charge is 0.396 e. The van der Waals surface area contributed by atoms with Crippen LogP contribution in [0.2, 0.25) is 0 Å². The molecule has 1 rings (SSSR count). The van der Waals surface area contributed by atoms with Crippen LogP contribution in [0.15, 0.2) is 18.2 Å². The summed E-state index contributed by atoms with van der Waals surface area (Å²) in [6.07, 6.45) is -4.72. The van der Waals surface area contributed by atoms with Crippen LogP contribution in [-0.2, 0) is 6.18 Å². The van der Waals surface area contributed by atoms with E-state index in [1.54, 1.807) is 0 Å². The van der Waals surface area contributed by atoms with E-state index >= 15 is 0 Å². The molecule has 0 heterocycles. The van der Waals surface area contributed by atoms with Gasteiger partial charge in [0.05, 0.1) is 5.56 Å². The van der Waals surface area contributed by atoms with Crippen molar-refractivity contribution in [1.82, 2.24) is 0 Å². The number of benzene rings is 1. The molecule has 0 radical (unpaired) electrons. The van der Waals surface area contributed by atoms with Gasteiger partial charge in [-0.1, -0.05) is 12.1 Å². The Balaban J connectivity index is 0.00000256. The van der Waals surface area contributed by atoms with E-state index in [-0.39, 0.29) is 31.0 Å². The Bertz CT molecular complexity index is 370. The zero-order valence-corrected chi connectivity index (χ0v) is 9.48. The highest BCUT2D eigenvalue weighted by molar-refractivity contribution is 5.85. The molecule has 98 valence electrons. The first-order valence-corrected chi connectivity index (χ1v) is 4.60. The summed E-state index contributed by atoms with van der Waals surface area (Å²) in [6.45, 7) is -0.309. The average Bonchev–Trinajstić information content (AvgIpc) is 2.16. The molecule has 0 amide bonds. The standard InChI is InChI=1S/C10H11F4NO.ClH/c11-9-6(8(15)4-5-16)2-1-3-7(9)10(12,13)14;/h1-3,8,16H,4-5,15H2;1H/t8-;/m1./s1. The van der Waals surface area contributed by atoms with Gasteiger partial charge in [0, 0.05) is 18.2 Å². The van der Waals surface area contributed by atoms with Crippen molar-refractivity contribution in [2.75, 3.05) is 6.61 Å². The normalized spacial score (nSPS) is 13.1. The van der Waals surface area contributed by atoms with Gasteiger partial charge in [0.1, 0.15) is 5.82 Å². The number of hydrogen-bond donors (Lipinski definition) is 2. The zero-order valence-electron chi connectivity index (χ0n) is 8.67. The number of nitrogens with two attached hydrogens (primary N) is 1. The summed E-state index contributed by atoms with van der Waals surface area (Å²) >= 11 is 0. The Kier molecular flexibility index (Phi) is 5.87. The topological polar surface area (TPSA) is 46.2 Å². The number of rotatable bonds is 3. The SMILES string of the molecule is Cl.N[C@H](CCO)c1cccc(C(F)(F)F)c1F. The molecule has 0 aromatic heterocycles. The van der Waals surface area contributed by atoms with Crippen LogP contribution in [-0.4, -0.2) is 11.7 Å². The second-order valence-electron chi connectivity index (χ2n) is 3.33. The predicted octanol–water partition coefficient (Wildman–Crippen LogP) is 2.65. The summed E-state index contributed by atoms with van der Waals surface area (Å²) in [7, 11) is 0. The highest BCUT2D eigenvalue weighted by Gasteiger charge is 2.35. The molecule has 0 aliphatic rings. The van der Waals surface area contributed by atoms with Crippen LogP contribution in [0.25, 0.3) is 0 Å². The van der Waals surface area contributed by atoms with Gasteiger partial charge in [-0.25, -0.2) is 4.39 Å². The van der Waals surface area contributed by atoms with E-state index in [1.807, 2.05) is 0 Å². The van der Waals surface area contributed by atoms with E-state index in [0.717, 1.165) is 6.07 Å². The van der Waals surface area contributed by atoms with Crippen molar-refractivity contribution in [2.45, 2.75) is 18.6 Å². The van der Waals surface area contributed by atoms with Gasteiger partial charge in [0.2, 0.25) is 0 Å². The lowest BCUT2D eigenvalue weighted by molar-refractivity contribution is -0.140. The molecule has 3 N–H and O–H groups in total. The van der Waals surface area contributed by atoms with Gasteiger partial charge >= 0.3 is 6.18 Å². The Labute approximate surface area is 102 Å². The van der Waals surface area contributed by atoms with Crippen LogP contribution in [0.3, 0.4) is 0 Å². The molecule has 17 heavy (non-hydrogen) atoms. The number of alkyl halides is 3. The summed E-state index contributed by atoms with van der Waals surface area (Å²) in [5.41, 5.74) is 3.88. The Morgan fingerprint density at radius 3 is 2.35 bits per heavy atom. The van der Waals surface area contributed by atoms with Gasteiger partial charge in [0.25, 0.3) is 0 Å².